The lowest BCUT2D eigenvalue weighted by Crippen LogP contribution is -2.50. The molecule has 2 rings (SSSR count). The molecule has 1 aromatic rings. The van der Waals surface area contributed by atoms with Crippen LogP contribution in [0.5, 0.6) is 11.5 Å². The maximum absolute atomic E-state index is 11.4. The first-order valence-electron chi connectivity index (χ1n) is 10.3. The number of nitrogens with zero attached hydrogens (tertiary/aromatic N) is 3. The van der Waals surface area contributed by atoms with Gasteiger partial charge in [-0.2, -0.15) is 0 Å². The molecule has 8 nitrogen and oxygen atoms in total. The largest absolute Gasteiger partial charge is 0.493 e. The van der Waals surface area contributed by atoms with Gasteiger partial charge >= 0.3 is 0 Å². The number of hydrogen-bond donors (Lipinski definition) is 2. The van der Waals surface area contributed by atoms with Crippen molar-refractivity contribution in [3.05, 3.63) is 24.3 Å². The molecule has 1 aromatic carbocycles. The second-order valence-corrected chi connectivity index (χ2v) is 7.07. The molecule has 0 aromatic heterocycles. The highest BCUT2D eigenvalue weighted by molar-refractivity contribution is 14.0. The Hall–Kier alpha value is -1.75. The highest BCUT2D eigenvalue weighted by Crippen LogP contribution is 2.26. The standard InChI is InChI=1S/C21H35N5O3.HI/c1-5-22-21(23-10-11-25-12-14-26(15-13-25)18(3)27)24-16-17(2)29-20-9-7-6-8-19(20)28-4;/h6-9,17H,5,10-16H2,1-4H3,(H2,22,23,24);1H. The number of guanidine groups is 1. The molecule has 2 N–H and O–H groups in total. The van der Waals surface area contributed by atoms with Gasteiger partial charge in [0.1, 0.15) is 6.10 Å². The van der Waals surface area contributed by atoms with Crippen molar-refractivity contribution < 1.29 is 14.3 Å². The molecule has 0 aliphatic carbocycles. The number of piperazine rings is 1. The summed E-state index contributed by atoms with van der Waals surface area (Å²) in [4.78, 5) is 20.3. The predicted octanol–water partition coefficient (Wildman–Crippen LogP) is 1.80. The minimum atomic E-state index is -0.0820. The van der Waals surface area contributed by atoms with E-state index in [1.54, 1.807) is 14.0 Å². The Kier molecular flexibility index (Phi) is 12.5. The molecule has 1 amide bonds. The summed E-state index contributed by atoms with van der Waals surface area (Å²) in [5.41, 5.74) is 0. The third-order valence-electron chi connectivity index (χ3n) is 4.79. The number of rotatable bonds is 9. The summed E-state index contributed by atoms with van der Waals surface area (Å²) < 4.78 is 11.3. The number of halogens is 1. The van der Waals surface area contributed by atoms with Crippen LogP contribution in [0.1, 0.15) is 20.8 Å². The van der Waals surface area contributed by atoms with Gasteiger partial charge < -0.3 is 25.0 Å². The van der Waals surface area contributed by atoms with Crippen LogP contribution in [0.4, 0.5) is 0 Å². The Balaban J connectivity index is 0.00000450. The highest BCUT2D eigenvalue weighted by atomic mass is 127. The molecule has 1 unspecified atom stereocenters. The van der Waals surface area contributed by atoms with Gasteiger partial charge in [0.25, 0.3) is 0 Å². The molecule has 1 heterocycles. The molecular formula is C21H36IN5O3. The van der Waals surface area contributed by atoms with Crippen molar-refractivity contribution in [2.75, 3.05) is 59.5 Å². The van der Waals surface area contributed by atoms with Crippen LogP contribution >= 0.6 is 24.0 Å². The third kappa shape index (κ3) is 8.95. The molecule has 0 spiro atoms. The van der Waals surface area contributed by atoms with Crippen molar-refractivity contribution in [2.45, 2.75) is 26.9 Å². The number of aliphatic imine (C=N–C) groups is 1. The molecule has 170 valence electrons. The van der Waals surface area contributed by atoms with Crippen molar-refractivity contribution in [2.24, 2.45) is 4.99 Å². The first-order valence-corrected chi connectivity index (χ1v) is 10.3. The minimum absolute atomic E-state index is 0. The zero-order valence-electron chi connectivity index (χ0n) is 18.5. The predicted molar refractivity (Wildman–Crippen MR) is 131 cm³/mol. The number of carbonyl (C=O) groups excluding carboxylic acids is 1. The fourth-order valence-corrected chi connectivity index (χ4v) is 3.15. The van der Waals surface area contributed by atoms with Gasteiger partial charge in [-0.05, 0) is 26.0 Å². The lowest BCUT2D eigenvalue weighted by molar-refractivity contribution is -0.130. The minimum Gasteiger partial charge on any atom is -0.493 e. The van der Waals surface area contributed by atoms with Crippen molar-refractivity contribution >= 4 is 35.8 Å². The number of methoxy groups -OCH3 is 1. The van der Waals surface area contributed by atoms with Crippen molar-refractivity contribution in [1.82, 2.24) is 20.4 Å². The molecule has 1 aliphatic rings. The van der Waals surface area contributed by atoms with Crippen LogP contribution in [0, 0.1) is 0 Å². The third-order valence-corrected chi connectivity index (χ3v) is 4.79. The van der Waals surface area contributed by atoms with Crippen LogP contribution in [0.3, 0.4) is 0 Å². The quantitative estimate of drug-likeness (QED) is 0.287. The van der Waals surface area contributed by atoms with E-state index in [9.17, 15) is 4.79 Å². The van der Waals surface area contributed by atoms with E-state index in [4.69, 9.17) is 9.47 Å². The average Bonchev–Trinajstić information content (AvgIpc) is 2.72. The number of carbonyl (C=O) groups is 1. The maximum Gasteiger partial charge on any atom is 0.219 e. The molecule has 0 bridgehead atoms. The van der Waals surface area contributed by atoms with Gasteiger partial charge in [0.05, 0.1) is 13.7 Å². The molecule has 30 heavy (non-hydrogen) atoms. The van der Waals surface area contributed by atoms with E-state index in [1.807, 2.05) is 43.0 Å². The summed E-state index contributed by atoms with van der Waals surface area (Å²) in [6.45, 7) is 12.2. The van der Waals surface area contributed by atoms with Gasteiger partial charge in [-0.15, -0.1) is 24.0 Å². The van der Waals surface area contributed by atoms with Gasteiger partial charge in [-0.1, -0.05) is 12.1 Å². The first-order chi connectivity index (χ1) is 14.0. The van der Waals surface area contributed by atoms with Crippen LogP contribution in [-0.2, 0) is 4.79 Å². The van der Waals surface area contributed by atoms with Gasteiger partial charge in [0, 0.05) is 52.7 Å². The molecule has 1 fully saturated rings. The monoisotopic (exact) mass is 533 g/mol. The second kappa shape index (κ2) is 14.3. The number of nitrogens with one attached hydrogen (secondary N) is 2. The number of ether oxygens (including phenoxy) is 2. The van der Waals surface area contributed by atoms with E-state index < -0.39 is 0 Å². The van der Waals surface area contributed by atoms with E-state index in [0.717, 1.165) is 63.3 Å². The van der Waals surface area contributed by atoms with E-state index in [2.05, 4.69) is 20.5 Å². The van der Waals surface area contributed by atoms with Crippen LogP contribution in [0.25, 0.3) is 0 Å². The Morgan fingerprint density at radius 1 is 1.17 bits per heavy atom. The Morgan fingerprint density at radius 2 is 1.83 bits per heavy atom. The average molecular weight is 533 g/mol. The fraction of sp³-hybridized carbons (Fsp3) is 0.619. The molecule has 9 heteroatoms. The summed E-state index contributed by atoms with van der Waals surface area (Å²) in [7, 11) is 1.64. The smallest absolute Gasteiger partial charge is 0.219 e. The molecular weight excluding hydrogens is 497 g/mol. The normalized spacial score (nSPS) is 15.7. The van der Waals surface area contributed by atoms with Crippen molar-refractivity contribution in [3.8, 4) is 11.5 Å². The SMILES string of the molecule is CCNC(=NCC(C)Oc1ccccc1OC)NCCN1CCN(C(C)=O)CC1.I. The van der Waals surface area contributed by atoms with Crippen LogP contribution in [0.15, 0.2) is 29.3 Å². The Morgan fingerprint density at radius 3 is 2.43 bits per heavy atom. The summed E-state index contributed by atoms with van der Waals surface area (Å²) in [6, 6.07) is 7.62. The lowest BCUT2D eigenvalue weighted by atomic mass is 10.3. The Labute approximate surface area is 197 Å². The second-order valence-electron chi connectivity index (χ2n) is 7.07. The van der Waals surface area contributed by atoms with Gasteiger partial charge in [0.2, 0.25) is 5.91 Å². The van der Waals surface area contributed by atoms with Gasteiger partial charge in [-0.3, -0.25) is 9.69 Å². The fourth-order valence-electron chi connectivity index (χ4n) is 3.15. The van der Waals surface area contributed by atoms with Crippen LogP contribution < -0.4 is 20.1 Å². The van der Waals surface area contributed by atoms with E-state index in [0.29, 0.717) is 6.54 Å². The maximum atomic E-state index is 11.4. The molecule has 0 saturated carbocycles. The summed E-state index contributed by atoms with van der Waals surface area (Å²) >= 11 is 0. The summed E-state index contributed by atoms with van der Waals surface area (Å²) in [6.07, 6.45) is -0.0820. The number of benzene rings is 1. The van der Waals surface area contributed by atoms with Gasteiger partial charge in [-0.25, -0.2) is 4.99 Å². The topological polar surface area (TPSA) is 78.4 Å². The summed E-state index contributed by atoms with van der Waals surface area (Å²) in [5.74, 6) is 2.39. The van der Waals surface area contributed by atoms with Crippen molar-refractivity contribution in [1.29, 1.82) is 0 Å². The number of amides is 1. The summed E-state index contributed by atoms with van der Waals surface area (Å²) in [5, 5.41) is 6.65. The molecule has 1 atom stereocenters. The number of para-hydroxylation sites is 2. The molecule has 1 aliphatic heterocycles. The molecule has 0 radical (unpaired) electrons. The van der Waals surface area contributed by atoms with Crippen molar-refractivity contribution in [3.63, 3.8) is 0 Å². The lowest BCUT2D eigenvalue weighted by Gasteiger charge is -2.34. The zero-order chi connectivity index (χ0) is 21.1. The van der Waals surface area contributed by atoms with E-state index in [-0.39, 0.29) is 36.0 Å². The zero-order valence-corrected chi connectivity index (χ0v) is 20.8. The van der Waals surface area contributed by atoms with Gasteiger partial charge in [0.15, 0.2) is 17.5 Å². The van der Waals surface area contributed by atoms with E-state index in [1.165, 1.54) is 0 Å². The first kappa shape index (κ1) is 26.3. The van der Waals surface area contributed by atoms with Crippen LogP contribution in [0.2, 0.25) is 0 Å². The molecule has 1 saturated heterocycles. The van der Waals surface area contributed by atoms with E-state index >= 15 is 0 Å². The Bertz CT molecular complexity index is 666. The highest BCUT2D eigenvalue weighted by Gasteiger charge is 2.18. The number of hydrogen-bond acceptors (Lipinski definition) is 5. The van der Waals surface area contributed by atoms with Crippen LogP contribution in [-0.4, -0.2) is 87.2 Å².